The molecule has 1 aromatic carbocycles. The zero-order valence-electron chi connectivity index (χ0n) is 18.1. The van der Waals surface area contributed by atoms with Crippen LogP contribution in [0.1, 0.15) is 67.1 Å². The Balaban J connectivity index is 1.49. The van der Waals surface area contributed by atoms with E-state index in [-0.39, 0.29) is 11.4 Å². The Morgan fingerprint density at radius 1 is 1.07 bits per heavy atom. The minimum Gasteiger partial charge on any atom is -0.321 e. The standard InChI is InChI=1S/C23H27N5OS/c1-14-12-15(2)25-22(24-14)30-18-10-8-17(9-11-18)26-21(29)20-13-19(16-6-7-16)27-28(20)23(3,4)5/h8-13,16H,6-7H2,1-5H3,(H,26,29). The van der Waals surface area contributed by atoms with Gasteiger partial charge in [0.1, 0.15) is 5.69 Å². The number of benzene rings is 1. The molecule has 0 unspecified atom stereocenters. The molecule has 1 aliphatic carbocycles. The molecular weight excluding hydrogens is 394 g/mol. The smallest absolute Gasteiger partial charge is 0.273 e. The van der Waals surface area contributed by atoms with Crippen LogP contribution >= 0.6 is 11.8 Å². The molecule has 0 bridgehead atoms. The molecule has 0 atom stereocenters. The van der Waals surface area contributed by atoms with Gasteiger partial charge in [-0.05, 0) is 95.6 Å². The van der Waals surface area contributed by atoms with Crippen LogP contribution in [0.25, 0.3) is 0 Å². The molecule has 6 nitrogen and oxygen atoms in total. The number of carbonyl (C=O) groups is 1. The van der Waals surface area contributed by atoms with Gasteiger partial charge in [0.2, 0.25) is 0 Å². The maximum absolute atomic E-state index is 13.0. The largest absolute Gasteiger partial charge is 0.321 e. The SMILES string of the molecule is Cc1cc(C)nc(Sc2ccc(NC(=O)c3cc(C4CC4)nn3C(C)(C)C)cc2)n1. The van der Waals surface area contributed by atoms with Gasteiger partial charge in [0.25, 0.3) is 5.91 Å². The van der Waals surface area contributed by atoms with Crippen LogP contribution < -0.4 is 5.32 Å². The Hall–Kier alpha value is -2.67. The van der Waals surface area contributed by atoms with Crippen LogP contribution in [0, 0.1) is 13.8 Å². The summed E-state index contributed by atoms with van der Waals surface area (Å²) in [6.07, 6.45) is 2.32. The number of carbonyl (C=O) groups excluding carboxylic acids is 1. The summed E-state index contributed by atoms with van der Waals surface area (Å²) in [6, 6.07) is 11.7. The first-order valence-electron chi connectivity index (χ1n) is 10.2. The second-order valence-corrected chi connectivity index (χ2v) is 9.87. The molecule has 2 heterocycles. The van der Waals surface area contributed by atoms with Gasteiger partial charge in [0.15, 0.2) is 5.16 Å². The second kappa shape index (κ2) is 7.87. The van der Waals surface area contributed by atoms with E-state index in [0.29, 0.717) is 11.6 Å². The van der Waals surface area contributed by atoms with Crippen molar-refractivity contribution in [3.05, 3.63) is 59.2 Å². The van der Waals surface area contributed by atoms with Gasteiger partial charge in [0.05, 0.1) is 11.2 Å². The van der Waals surface area contributed by atoms with Crippen molar-refractivity contribution in [2.24, 2.45) is 0 Å². The van der Waals surface area contributed by atoms with E-state index in [4.69, 9.17) is 5.10 Å². The van der Waals surface area contributed by atoms with Crippen LogP contribution in [0.15, 0.2) is 46.5 Å². The van der Waals surface area contributed by atoms with Gasteiger partial charge in [0, 0.05) is 27.9 Å². The number of amides is 1. The fourth-order valence-electron chi connectivity index (χ4n) is 3.30. The Kier molecular flexibility index (Phi) is 5.40. The minimum atomic E-state index is -0.258. The van der Waals surface area contributed by atoms with Crippen LogP contribution in [0.4, 0.5) is 5.69 Å². The number of aryl methyl sites for hydroxylation is 2. The lowest BCUT2D eigenvalue weighted by atomic mass is 10.1. The normalized spacial score (nSPS) is 14.0. The summed E-state index contributed by atoms with van der Waals surface area (Å²) in [5.41, 5.74) is 4.03. The number of anilines is 1. The summed E-state index contributed by atoms with van der Waals surface area (Å²) in [7, 11) is 0. The van der Waals surface area contributed by atoms with E-state index >= 15 is 0 Å². The molecule has 0 spiro atoms. The first kappa shape index (κ1) is 20.6. The van der Waals surface area contributed by atoms with Crippen molar-refractivity contribution in [2.45, 2.75) is 69.0 Å². The third-order valence-corrected chi connectivity index (χ3v) is 5.75. The summed E-state index contributed by atoms with van der Waals surface area (Å²) in [5.74, 6) is 0.367. The quantitative estimate of drug-likeness (QED) is 0.564. The number of aromatic nitrogens is 4. The fourth-order valence-corrected chi connectivity index (χ4v) is 4.16. The molecule has 1 saturated carbocycles. The molecule has 2 aromatic heterocycles. The predicted octanol–water partition coefficient (Wildman–Crippen LogP) is 5.33. The van der Waals surface area contributed by atoms with E-state index < -0.39 is 0 Å². The molecule has 7 heteroatoms. The molecule has 1 aliphatic rings. The Bertz CT molecular complexity index is 1060. The van der Waals surface area contributed by atoms with Gasteiger partial charge >= 0.3 is 0 Å². The van der Waals surface area contributed by atoms with Crippen molar-refractivity contribution in [2.75, 3.05) is 5.32 Å². The Labute approximate surface area is 181 Å². The lowest BCUT2D eigenvalue weighted by Crippen LogP contribution is -2.29. The average molecular weight is 422 g/mol. The van der Waals surface area contributed by atoms with Gasteiger partial charge in [-0.15, -0.1) is 0 Å². The fraction of sp³-hybridized carbons (Fsp3) is 0.391. The van der Waals surface area contributed by atoms with Crippen molar-refractivity contribution < 1.29 is 4.79 Å². The zero-order chi connectivity index (χ0) is 21.5. The first-order chi connectivity index (χ1) is 14.2. The van der Waals surface area contributed by atoms with Gasteiger partial charge in [-0.2, -0.15) is 5.10 Å². The lowest BCUT2D eigenvalue weighted by Gasteiger charge is -2.22. The van der Waals surface area contributed by atoms with Crippen molar-refractivity contribution >= 4 is 23.4 Å². The topological polar surface area (TPSA) is 72.7 Å². The number of rotatable bonds is 5. The van der Waals surface area contributed by atoms with Crippen molar-refractivity contribution in [3.63, 3.8) is 0 Å². The molecule has 0 aliphatic heterocycles. The maximum Gasteiger partial charge on any atom is 0.273 e. The maximum atomic E-state index is 13.0. The predicted molar refractivity (Wildman–Crippen MR) is 119 cm³/mol. The summed E-state index contributed by atoms with van der Waals surface area (Å²) in [5, 5.41) is 8.46. The zero-order valence-corrected chi connectivity index (χ0v) is 18.9. The molecule has 3 aromatic rings. The van der Waals surface area contributed by atoms with E-state index in [2.05, 4.69) is 36.1 Å². The summed E-state index contributed by atoms with van der Waals surface area (Å²) in [4.78, 5) is 22.9. The van der Waals surface area contributed by atoms with Crippen LogP contribution in [-0.2, 0) is 5.54 Å². The molecule has 4 rings (SSSR count). The monoisotopic (exact) mass is 421 g/mol. The molecule has 156 valence electrons. The summed E-state index contributed by atoms with van der Waals surface area (Å²) < 4.78 is 1.84. The lowest BCUT2D eigenvalue weighted by molar-refractivity contribution is 0.100. The molecule has 30 heavy (non-hydrogen) atoms. The van der Waals surface area contributed by atoms with Gasteiger partial charge in [-0.25, -0.2) is 9.97 Å². The molecule has 1 N–H and O–H groups in total. The highest BCUT2D eigenvalue weighted by molar-refractivity contribution is 7.99. The highest BCUT2D eigenvalue weighted by atomic mass is 32.2. The van der Waals surface area contributed by atoms with E-state index in [1.165, 1.54) is 11.8 Å². The Morgan fingerprint density at radius 3 is 2.27 bits per heavy atom. The van der Waals surface area contributed by atoms with E-state index in [1.54, 1.807) is 0 Å². The van der Waals surface area contributed by atoms with Gasteiger partial charge < -0.3 is 5.32 Å². The van der Waals surface area contributed by atoms with E-state index in [0.717, 1.165) is 45.7 Å². The highest BCUT2D eigenvalue weighted by Crippen LogP contribution is 2.40. The van der Waals surface area contributed by atoms with Crippen molar-refractivity contribution in [1.82, 2.24) is 19.7 Å². The van der Waals surface area contributed by atoms with Crippen LogP contribution in [0.3, 0.4) is 0 Å². The number of hydrogen-bond acceptors (Lipinski definition) is 5. The van der Waals surface area contributed by atoms with E-state index in [1.807, 2.05) is 54.9 Å². The van der Waals surface area contributed by atoms with Crippen molar-refractivity contribution in [3.8, 4) is 0 Å². The molecular formula is C23H27N5OS. The average Bonchev–Trinajstić information content (AvgIpc) is 3.39. The third-order valence-electron chi connectivity index (χ3n) is 4.88. The van der Waals surface area contributed by atoms with Crippen LogP contribution in [-0.4, -0.2) is 25.7 Å². The Morgan fingerprint density at radius 2 is 1.70 bits per heavy atom. The highest BCUT2D eigenvalue weighted by Gasteiger charge is 2.31. The molecule has 0 saturated heterocycles. The van der Waals surface area contributed by atoms with E-state index in [9.17, 15) is 4.79 Å². The summed E-state index contributed by atoms with van der Waals surface area (Å²) >= 11 is 1.51. The number of nitrogens with one attached hydrogen (secondary N) is 1. The number of hydrogen-bond donors (Lipinski definition) is 1. The van der Waals surface area contributed by atoms with Crippen LogP contribution in [0.2, 0.25) is 0 Å². The van der Waals surface area contributed by atoms with Crippen LogP contribution in [0.5, 0.6) is 0 Å². The van der Waals surface area contributed by atoms with Gasteiger partial charge in [-0.1, -0.05) is 0 Å². The molecule has 1 fully saturated rings. The third kappa shape index (κ3) is 4.73. The molecule has 1 amide bonds. The number of nitrogens with zero attached hydrogens (tertiary/aromatic N) is 4. The van der Waals surface area contributed by atoms with Gasteiger partial charge in [-0.3, -0.25) is 9.48 Å². The first-order valence-corrected chi connectivity index (χ1v) is 11.0. The van der Waals surface area contributed by atoms with Crippen molar-refractivity contribution in [1.29, 1.82) is 0 Å². The summed E-state index contributed by atoms with van der Waals surface area (Å²) in [6.45, 7) is 10.1. The molecule has 0 radical (unpaired) electrons. The second-order valence-electron chi connectivity index (χ2n) is 8.83. The minimum absolute atomic E-state index is 0.137.